The van der Waals surface area contributed by atoms with Crippen LogP contribution in [-0.2, 0) is 9.59 Å². The van der Waals surface area contributed by atoms with Gasteiger partial charge >= 0.3 is 17.8 Å². The molecule has 3 rings (SSSR count). The van der Waals surface area contributed by atoms with E-state index in [-0.39, 0.29) is 0 Å². The van der Waals surface area contributed by atoms with Crippen molar-refractivity contribution in [3.63, 3.8) is 0 Å². The third-order valence-corrected chi connectivity index (χ3v) is 4.32. The zero-order valence-electron chi connectivity index (χ0n) is 17.5. The number of carbonyl (C=O) groups is 3. The maximum Gasteiger partial charge on any atom is 0.343 e. The molecule has 0 aliphatic carbocycles. The predicted molar refractivity (Wildman–Crippen MR) is 120 cm³/mol. The SMILES string of the molecule is COc1ccccc1NC(=O)C(=O)NN=Cc1ccc(OC(=O)c2ccc(C)cc2)cc1. The van der Waals surface area contributed by atoms with Gasteiger partial charge in [-0.25, -0.2) is 10.2 Å². The summed E-state index contributed by atoms with van der Waals surface area (Å²) in [4.78, 5) is 36.1. The van der Waals surface area contributed by atoms with Gasteiger partial charge in [0.1, 0.15) is 11.5 Å². The first kappa shape index (κ1) is 22.2. The Morgan fingerprint density at radius 2 is 1.56 bits per heavy atom. The van der Waals surface area contributed by atoms with E-state index in [4.69, 9.17) is 9.47 Å². The Balaban J connectivity index is 1.52. The number of nitrogens with one attached hydrogen (secondary N) is 2. The molecule has 0 aliphatic rings. The van der Waals surface area contributed by atoms with E-state index in [1.807, 2.05) is 19.1 Å². The van der Waals surface area contributed by atoms with Gasteiger partial charge in [0.2, 0.25) is 0 Å². The second-order valence-electron chi connectivity index (χ2n) is 6.68. The Morgan fingerprint density at radius 3 is 2.25 bits per heavy atom. The Morgan fingerprint density at radius 1 is 0.875 bits per heavy atom. The van der Waals surface area contributed by atoms with Crippen LogP contribution in [0.4, 0.5) is 5.69 Å². The normalized spacial score (nSPS) is 10.4. The molecule has 32 heavy (non-hydrogen) atoms. The maximum atomic E-state index is 12.2. The molecule has 0 aromatic heterocycles. The number of methoxy groups -OCH3 is 1. The third kappa shape index (κ3) is 6.02. The van der Waals surface area contributed by atoms with Crippen LogP contribution >= 0.6 is 0 Å². The number of nitrogens with zero attached hydrogens (tertiary/aromatic N) is 1. The van der Waals surface area contributed by atoms with Gasteiger partial charge in [0.25, 0.3) is 0 Å². The van der Waals surface area contributed by atoms with E-state index in [1.165, 1.54) is 13.3 Å². The fraction of sp³-hybridized carbons (Fsp3) is 0.0833. The molecule has 0 heterocycles. The number of anilines is 1. The molecule has 162 valence electrons. The van der Waals surface area contributed by atoms with Crippen molar-refractivity contribution in [1.82, 2.24) is 5.43 Å². The lowest BCUT2D eigenvalue weighted by Gasteiger charge is -2.08. The van der Waals surface area contributed by atoms with Gasteiger partial charge in [0.05, 0.1) is 24.6 Å². The highest BCUT2D eigenvalue weighted by atomic mass is 16.5. The average Bonchev–Trinajstić information content (AvgIpc) is 2.80. The Kier molecular flexibility index (Phi) is 7.32. The van der Waals surface area contributed by atoms with E-state index in [2.05, 4.69) is 15.8 Å². The molecular weight excluding hydrogens is 410 g/mol. The summed E-state index contributed by atoms with van der Waals surface area (Å²) in [6.45, 7) is 1.94. The predicted octanol–water partition coefficient (Wildman–Crippen LogP) is 3.31. The molecular formula is C24H21N3O5. The quantitative estimate of drug-likeness (QED) is 0.205. The number of esters is 1. The molecule has 2 N–H and O–H groups in total. The van der Waals surface area contributed by atoms with Crippen LogP contribution in [0.5, 0.6) is 11.5 Å². The van der Waals surface area contributed by atoms with Crippen LogP contribution in [-0.4, -0.2) is 31.1 Å². The van der Waals surface area contributed by atoms with Gasteiger partial charge in [-0.15, -0.1) is 0 Å². The summed E-state index contributed by atoms with van der Waals surface area (Å²) in [5, 5.41) is 6.22. The van der Waals surface area contributed by atoms with E-state index in [9.17, 15) is 14.4 Å². The van der Waals surface area contributed by atoms with Gasteiger partial charge in [-0.2, -0.15) is 5.10 Å². The van der Waals surface area contributed by atoms with E-state index < -0.39 is 17.8 Å². The molecule has 0 saturated heterocycles. The van der Waals surface area contributed by atoms with Crippen LogP contribution in [0.1, 0.15) is 21.5 Å². The molecule has 0 bridgehead atoms. The minimum absolute atomic E-state index is 0.368. The van der Waals surface area contributed by atoms with Crippen molar-refractivity contribution in [2.45, 2.75) is 6.92 Å². The number of ether oxygens (including phenoxy) is 2. The Hall–Kier alpha value is -4.46. The van der Waals surface area contributed by atoms with Crippen molar-refractivity contribution in [2.24, 2.45) is 5.10 Å². The van der Waals surface area contributed by atoms with Crippen molar-refractivity contribution in [3.8, 4) is 11.5 Å². The first-order valence-electron chi connectivity index (χ1n) is 9.62. The fourth-order valence-corrected chi connectivity index (χ4v) is 2.62. The number of hydrogen-bond donors (Lipinski definition) is 2. The molecule has 8 nitrogen and oxygen atoms in total. The van der Waals surface area contributed by atoms with E-state index in [1.54, 1.807) is 60.7 Å². The molecule has 0 saturated carbocycles. The van der Waals surface area contributed by atoms with Crippen LogP contribution in [0.15, 0.2) is 77.9 Å². The van der Waals surface area contributed by atoms with Gasteiger partial charge in [0.15, 0.2) is 0 Å². The highest BCUT2D eigenvalue weighted by molar-refractivity contribution is 6.39. The fourth-order valence-electron chi connectivity index (χ4n) is 2.62. The Bertz CT molecular complexity index is 1140. The van der Waals surface area contributed by atoms with Crippen molar-refractivity contribution in [1.29, 1.82) is 0 Å². The molecule has 0 unspecified atom stereocenters. The van der Waals surface area contributed by atoms with Gasteiger partial charge in [-0.1, -0.05) is 29.8 Å². The molecule has 0 spiro atoms. The Labute approximate surface area is 184 Å². The zero-order chi connectivity index (χ0) is 22.9. The number of aryl methyl sites for hydroxylation is 1. The second-order valence-corrected chi connectivity index (χ2v) is 6.68. The van der Waals surface area contributed by atoms with E-state index in [0.717, 1.165) is 5.56 Å². The maximum absolute atomic E-state index is 12.2. The molecule has 0 aliphatic heterocycles. The highest BCUT2D eigenvalue weighted by Gasteiger charge is 2.15. The lowest BCUT2D eigenvalue weighted by Crippen LogP contribution is -2.32. The monoisotopic (exact) mass is 431 g/mol. The average molecular weight is 431 g/mol. The minimum Gasteiger partial charge on any atom is -0.495 e. The summed E-state index contributed by atoms with van der Waals surface area (Å²) in [7, 11) is 1.46. The summed E-state index contributed by atoms with van der Waals surface area (Å²) >= 11 is 0. The molecule has 0 atom stereocenters. The molecule has 0 fully saturated rings. The van der Waals surface area contributed by atoms with Gasteiger partial charge < -0.3 is 14.8 Å². The van der Waals surface area contributed by atoms with Crippen molar-refractivity contribution < 1.29 is 23.9 Å². The summed E-state index contributed by atoms with van der Waals surface area (Å²) in [6.07, 6.45) is 1.36. The number of para-hydroxylation sites is 2. The van der Waals surface area contributed by atoms with Crippen molar-refractivity contribution >= 4 is 29.7 Å². The summed E-state index contributed by atoms with van der Waals surface area (Å²) in [6, 6.07) is 20.3. The smallest absolute Gasteiger partial charge is 0.343 e. The molecule has 2 amide bonds. The van der Waals surface area contributed by atoms with Crippen LogP contribution < -0.4 is 20.2 Å². The van der Waals surface area contributed by atoms with Crippen LogP contribution in [0.25, 0.3) is 0 Å². The lowest BCUT2D eigenvalue weighted by molar-refractivity contribution is -0.136. The third-order valence-electron chi connectivity index (χ3n) is 4.32. The number of carbonyl (C=O) groups excluding carboxylic acids is 3. The second kappa shape index (κ2) is 10.5. The number of hydrogen-bond acceptors (Lipinski definition) is 6. The van der Waals surface area contributed by atoms with Crippen LogP contribution in [0.2, 0.25) is 0 Å². The number of hydrazone groups is 1. The summed E-state index contributed by atoms with van der Waals surface area (Å²) in [5.74, 6) is -1.48. The molecule has 3 aromatic rings. The van der Waals surface area contributed by atoms with E-state index >= 15 is 0 Å². The van der Waals surface area contributed by atoms with Crippen LogP contribution in [0.3, 0.4) is 0 Å². The van der Waals surface area contributed by atoms with Crippen molar-refractivity contribution in [2.75, 3.05) is 12.4 Å². The number of benzene rings is 3. The largest absolute Gasteiger partial charge is 0.495 e. The minimum atomic E-state index is -0.934. The summed E-state index contributed by atoms with van der Waals surface area (Å²) in [5.41, 5.74) is 4.66. The number of rotatable bonds is 6. The molecule has 0 radical (unpaired) electrons. The van der Waals surface area contributed by atoms with Crippen LogP contribution in [0, 0.1) is 6.92 Å². The van der Waals surface area contributed by atoms with E-state index in [0.29, 0.717) is 28.3 Å². The molecule has 3 aromatic carbocycles. The first-order valence-corrected chi connectivity index (χ1v) is 9.62. The van der Waals surface area contributed by atoms with Gasteiger partial charge in [-0.05, 0) is 61.0 Å². The van der Waals surface area contributed by atoms with Crippen molar-refractivity contribution in [3.05, 3.63) is 89.5 Å². The lowest BCUT2D eigenvalue weighted by atomic mass is 10.1. The van der Waals surface area contributed by atoms with Gasteiger partial charge in [0, 0.05) is 0 Å². The zero-order valence-corrected chi connectivity index (χ0v) is 17.5. The molecule has 8 heteroatoms. The summed E-state index contributed by atoms with van der Waals surface area (Å²) < 4.78 is 10.4. The highest BCUT2D eigenvalue weighted by Crippen LogP contribution is 2.22. The topological polar surface area (TPSA) is 106 Å². The number of amides is 2. The first-order chi connectivity index (χ1) is 15.5. The van der Waals surface area contributed by atoms with Gasteiger partial charge in [-0.3, -0.25) is 9.59 Å². The standard InChI is InChI=1S/C24H21N3O5/c1-16-7-11-18(12-8-16)24(30)32-19-13-9-17(10-14-19)15-25-27-23(29)22(28)26-20-5-3-4-6-21(20)31-2/h3-15H,1-2H3,(H,26,28)(H,27,29).